The van der Waals surface area contributed by atoms with Gasteiger partial charge in [0.05, 0.1) is 23.3 Å². The molecule has 0 aliphatic heterocycles. The van der Waals surface area contributed by atoms with Gasteiger partial charge in [0.1, 0.15) is 16.8 Å². The van der Waals surface area contributed by atoms with Crippen molar-refractivity contribution in [2.24, 2.45) is 0 Å². The van der Waals surface area contributed by atoms with Gasteiger partial charge in [-0.3, -0.25) is 0 Å². The first-order chi connectivity index (χ1) is 22.7. The fourth-order valence-electron chi connectivity index (χ4n) is 8.34. The van der Waals surface area contributed by atoms with Gasteiger partial charge in [-0.2, -0.15) is 10.5 Å². The van der Waals surface area contributed by atoms with Gasteiger partial charge in [-0.25, -0.2) is 9.97 Å². The summed E-state index contributed by atoms with van der Waals surface area (Å²) in [6.07, 6.45) is 3.34. The van der Waals surface area contributed by atoms with Crippen molar-refractivity contribution in [3.8, 4) is 34.8 Å². The van der Waals surface area contributed by atoms with Gasteiger partial charge in [0.25, 0.3) is 0 Å². The van der Waals surface area contributed by atoms with Crippen LogP contribution in [0.15, 0.2) is 101 Å². The summed E-state index contributed by atoms with van der Waals surface area (Å²) in [6.45, 7) is 0. The van der Waals surface area contributed by atoms with Crippen molar-refractivity contribution >= 4 is 22.1 Å². The summed E-state index contributed by atoms with van der Waals surface area (Å²) in [5.74, 6) is 0.304. The summed E-state index contributed by atoms with van der Waals surface area (Å²) in [5.41, 5.74) is 15.6. The summed E-state index contributed by atoms with van der Waals surface area (Å²) < 4.78 is 6.34. The molecule has 2 heterocycles. The molecule has 5 nitrogen and oxygen atoms in total. The first kappa shape index (κ1) is 25.3. The SMILES string of the molecule is N#Cc1cccc2c1C1c3cc4c(cc3C2c2cc(-c3nc(-c5ccccc5)c5oc6ccccc6c5n3)cc(C#N)c21)CCC4. The summed E-state index contributed by atoms with van der Waals surface area (Å²) in [6, 6.07) is 38.0. The predicted octanol–water partition coefficient (Wildman–Crippen LogP) is 8.93. The Hall–Kier alpha value is -6.04. The molecule has 0 spiro atoms. The molecule has 0 fully saturated rings. The summed E-state index contributed by atoms with van der Waals surface area (Å²) in [7, 11) is 0. The Morgan fingerprint density at radius 2 is 1.37 bits per heavy atom. The van der Waals surface area contributed by atoms with Crippen molar-refractivity contribution in [1.29, 1.82) is 10.5 Å². The molecule has 5 aromatic carbocycles. The van der Waals surface area contributed by atoms with E-state index in [2.05, 4.69) is 36.4 Å². The van der Waals surface area contributed by atoms with E-state index in [1.54, 1.807) is 0 Å². The largest absolute Gasteiger partial charge is 0.452 e. The average molecular weight is 589 g/mol. The molecular formula is C41H24N4O. The zero-order valence-electron chi connectivity index (χ0n) is 24.7. The lowest BCUT2D eigenvalue weighted by molar-refractivity contribution is 0.667. The lowest BCUT2D eigenvalue weighted by atomic mass is 9.59. The summed E-state index contributed by atoms with van der Waals surface area (Å²) in [5, 5.41) is 21.9. The Bertz CT molecular complexity index is 2550. The highest BCUT2D eigenvalue weighted by atomic mass is 16.3. The monoisotopic (exact) mass is 588 g/mol. The van der Waals surface area contributed by atoms with Gasteiger partial charge in [0, 0.05) is 28.3 Å². The Balaban J connectivity index is 1.26. The standard InChI is InChI=1S/C41H24N4O/c42-20-25-12-7-14-29-34(25)37-31-18-24-11-6-10-23(24)17-30(31)36(29)32-19-26(16-27(21-43)35(32)37)41-44-38(22-8-2-1-3-9-22)40-39(45-41)28-13-4-5-15-33(28)46-40/h1-5,7-9,12-19,36-37H,6,10-11H2. The molecule has 4 aliphatic carbocycles. The van der Waals surface area contributed by atoms with Crippen molar-refractivity contribution in [1.82, 2.24) is 9.97 Å². The third-order valence-corrected chi connectivity index (χ3v) is 10.2. The molecule has 11 rings (SSSR count). The molecule has 4 aliphatic rings. The molecule has 2 atom stereocenters. The highest BCUT2D eigenvalue weighted by molar-refractivity contribution is 6.07. The minimum atomic E-state index is -0.170. The smallest absolute Gasteiger partial charge is 0.180 e. The first-order valence-corrected chi connectivity index (χ1v) is 15.7. The molecule has 0 N–H and O–H groups in total. The Morgan fingerprint density at radius 3 is 2.17 bits per heavy atom. The number of aromatic nitrogens is 2. The van der Waals surface area contributed by atoms with Crippen LogP contribution in [0.2, 0.25) is 0 Å². The molecule has 2 aromatic heterocycles. The Labute approximate surface area is 265 Å². The minimum Gasteiger partial charge on any atom is -0.452 e. The first-order valence-electron chi connectivity index (χ1n) is 15.7. The number of aryl methyl sites for hydroxylation is 2. The third kappa shape index (κ3) is 3.32. The van der Waals surface area contributed by atoms with Crippen molar-refractivity contribution < 1.29 is 4.42 Å². The van der Waals surface area contributed by atoms with E-state index >= 15 is 0 Å². The normalized spacial score (nSPS) is 16.8. The van der Waals surface area contributed by atoms with Crippen molar-refractivity contribution in [2.75, 3.05) is 0 Å². The number of nitrogens with zero attached hydrogens (tertiary/aromatic N) is 4. The van der Waals surface area contributed by atoms with E-state index in [1.165, 1.54) is 22.3 Å². The molecule has 2 bridgehead atoms. The van der Waals surface area contributed by atoms with Gasteiger partial charge in [0.2, 0.25) is 0 Å². The lowest BCUT2D eigenvalue weighted by Gasteiger charge is -2.43. The fourth-order valence-corrected chi connectivity index (χ4v) is 8.34. The molecule has 0 saturated carbocycles. The maximum absolute atomic E-state index is 10.7. The highest BCUT2D eigenvalue weighted by Gasteiger charge is 2.45. The van der Waals surface area contributed by atoms with E-state index in [9.17, 15) is 10.5 Å². The molecule has 7 aromatic rings. The highest BCUT2D eigenvalue weighted by Crippen LogP contribution is 2.58. The second-order valence-electron chi connectivity index (χ2n) is 12.6. The van der Waals surface area contributed by atoms with Gasteiger partial charge in [-0.1, -0.05) is 66.7 Å². The molecule has 0 amide bonds. The van der Waals surface area contributed by atoms with Crippen LogP contribution in [0.4, 0.5) is 0 Å². The van der Waals surface area contributed by atoms with Gasteiger partial charge in [-0.05, 0) is 94.1 Å². The van der Waals surface area contributed by atoms with Crippen LogP contribution in [0.3, 0.4) is 0 Å². The second-order valence-corrected chi connectivity index (χ2v) is 12.6. The third-order valence-electron chi connectivity index (χ3n) is 10.2. The van der Waals surface area contributed by atoms with Gasteiger partial charge in [0.15, 0.2) is 11.4 Å². The van der Waals surface area contributed by atoms with Gasteiger partial charge in [-0.15, -0.1) is 0 Å². The number of nitriles is 2. The molecule has 0 radical (unpaired) electrons. The quantitative estimate of drug-likeness (QED) is 0.201. The van der Waals surface area contributed by atoms with E-state index in [-0.39, 0.29) is 11.8 Å². The topological polar surface area (TPSA) is 86.5 Å². The average Bonchev–Trinajstić information content (AvgIpc) is 3.73. The maximum atomic E-state index is 10.7. The number of hydrogen-bond donors (Lipinski definition) is 0. The molecule has 46 heavy (non-hydrogen) atoms. The molecule has 214 valence electrons. The second kappa shape index (κ2) is 9.24. The molecule has 0 saturated heterocycles. The van der Waals surface area contributed by atoms with E-state index < -0.39 is 0 Å². The van der Waals surface area contributed by atoms with Crippen LogP contribution in [0.25, 0.3) is 44.7 Å². The van der Waals surface area contributed by atoms with E-state index in [0.29, 0.717) is 22.5 Å². The predicted molar refractivity (Wildman–Crippen MR) is 176 cm³/mol. The van der Waals surface area contributed by atoms with Crippen molar-refractivity contribution in [2.45, 2.75) is 31.1 Å². The number of fused-ring (bicyclic) bond motifs is 4. The van der Waals surface area contributed by atoms with Crippen LogP contribution in [0.5, 0.6) is 0 Å². The lowest BCUT2D eigenvalue weighted by Crippen LogP contribution is -2.29. The Kier molecular flexibility index (Phi) is 5.08. The van der Waals surface area contributed by atoms with Crippen molar-refractivity contribution in [3.05, 3.63) is 153 Å². The minimum absolute atomic E-state index is 0.0802. The van der Waals surface area contributed by atoms with E-state index in [0.717, 1.165) is 74.8 Å². The zero-order chi connectivity index (χ0) is 30.5. The number of furan rings is 1. The van der Waals surface area contributed by atoms with Gasteiger partial charge < -0.3 is 4.42 Å². The zero-order valence-corrected chi connectivity index (χ0v) is 24.7. The van der Waals surface area contributed by atoms with E-state index in [1.807, 2.05) is 72.8 Å². The van der Waals surface area contributed by atoms with Crippen LogP contribution in [-0.2, 0) is 12.8 Å². The van der Waals surface area contributed by atoms with Gasteiger partial charge >= 0.3 is 0 Å². The number of benzene rings is 5. The molecular weight excluding hydrogens is 564 g/mol. The van der Waals surface area contributed by atoms with Crippen LogP contribution >= 0.6 is 0 Å². The molecule has 2 unspecified atom stereocenters. The number of rotatable bonds is 2. The fraction of sp³-hybridized carbons (Fsp3) is 0.122. The van der Waals surface area contributed by atoms with Crippen molar-refractivity contribution in [3.63, 3.8) is 0 Å². The van der Waals surface area contributed by atoms with Crippen LogP contribution < -0.4 is 0 Å². The van der Waals surface area contributed by atoms with Crippen LogP contribution in [-0.4, -0.2) is 9.97 Å². The number of hydrogen-bond acceptors (Lipinski definition) is 5. The van der Waals surface area contributed by atoms with Crippen LogP contribution in [0.1, 0.15) is 73.9 Å². The number of para-hydroxylation sites is 1. The summed E-state index contributed by atoms with van der Waals surface area (Å²) >= 11 is 0. The maximum Gasteiger partial charge on any atom is 0.180 e. The van der Waals surface area contributed by atoms with E-state index in [4.69, 9.17) is 14.4 Å². The summed E-state index contributed by atoms with van der Waals surface area (Å²) in [4.78, 5) is 10.2. The Morgan fingerprint density at radius 1 is 0.630 bits per heavy atom. The molecule has 5 heteroatoms. The van der Waals surface area contributed by atoms with Crippen LogP contribution in [0, 0.1) is 22.7 Å².